The van der Waals surface area contributed by atoms with Crippen LogP contribution in [0.3, 0.4) is 0 Å². The van der Waals surface area contributed by atoms with Crippen LogP contribution in [0.2, 0.25) is 0 Å². The molecule has 3 rings (SSSR count). The van der Waals surface area contributed by atoms with Gasteiger partial charge in [-0.2, -0.15) is 0 Å². The Balaban J connectivity index is 2.35. The minimum Gasteiger partial charge on any atom is -0.320 e. The van der Waals surface area contributed by atoms with Crippen molar-refractivity contribution in [3.63, 3.8) is 0 Å². The molecule has 2 aromatic rings. The van der Waals surface area contributed by atoms with E-state index < -0.39 is 0 Å². The van der Waals surface area contributed by atoms with Gasteiger partial charge in [0.25, 0.3) is 0 Å². The predicted octanol–water partition coefficient (Wildman–Crippen LogP) is 2.03. The summed E-state index contributed by atoms with van der Waals surface area (Å²) in [5.41, 5.74) is 7.34. The number of nitrogens with two attached hydrogens (primary N) is 1. The number of fused-ring (bicyclic) bond motifs is 1. The van der Waals surface area contributed by atoms with Crippen LogP contribution in [0.5, 0.6) is 0 Å². The van der Waals surface area contributed by atoms with E-state index in [-0.39, 0.29) is 11.4 Å². The van der Waals surface area contributed by atoms with Gasteiger partial charge in [0.15, 0.2) is 0 Å². The van der Waals surface area contributed by atoms with Crippen LogP contribution < -0.4 is 5.73 Å². The second kappa shape index (κ2) is 2.98. The van der Waals surface area contributed by atoms with Gasteiger partial charge in [-0.25, -0.2) is 14.4 Å². The summed E-state index contributed by atoms with van der Waals surface area (Å²) in [5, 5.41) is 0.868. The number of hydrogen-bond donors (Lipinski definition) is 1. The van der Waals surface area contributed by atoms with Crippen molar-refractivity contribution in [2.24, 2.45) is 5.73 Å². The van der Waals surface area contributed by atoms with E-state index in [1.165, 1.54) is 12.1 Å². The average Bonchev–Trinajstić information content (AvgIpc) is 2.96. The van der Waals surface area contributed by atoms with Crippen LogP contribution >= 0.6 is 0 Å². The predicted molar refractivity (Wildman–Crippen MR) is 59.3 cm³/mol. The van der Waals surface area contributed by atoms with E-state index in [4.69, 9.17) is 5.73 Å². The van der Waals surface area contributed by atoms with Gasteiger partial charge in [-0.1, -0.05) is 0 Å². The van der Waals surface area contributed by atoms with E-state index in [1.807, 2.05) is 0 Å². The first-order valence-electron chi connectivity index (χ1n) is 5.32. The van der Waals surface area contributed by atoms with Gasteiger partial charge in [0.05, 0.1) is 16.7 Å². The van der Waals surface area contributed by atoms with Crippen molar-refractivity contribution in [3.8, 4) is 0 Å². The first-order chi connectivity index (χ1) is 7.58. The molecule has 0 atom stereocenters. The zero-order valence-corrected chi connectivity index (χ0v) is 9.00. The molecule has 4 heteroatoms. The molecule has 0 spiro atoms. The third-order valence-corrected chi connectivity index (χ3v) is 3.03. The van der Waals surface area contributed by atoms with Gasteiger partial charge in [-0.3, -0.25) is 0 Å². The Morgan fingerprint density at radius 3 is 2.75 bits per heavy atom. The molecular formula is C12H12FN3. The highest BCUT2D eigenvalue weighted by Crippen LogP contribution is 2.44. The molecule has 1 aliphatic rings. The maximum Gasteiger partial charge on any atom is 0.126 e. The number of hydrogen-bond acceptors (Lipinski definition) is 3. The Bertz CT molecular complexity index is 570. The molecular weight excluding hydrogens is 205 g/mol. The fourth-order valence-corrected chi connectivity index (χ4v) is 1.97. The summed E-state index contributed by atoms with van der Waals surface area (Å²) in [5.74, 6) is 0.364. The molecule has 1 saturated carbocycles. The third kappa shape index (κ3) is 1.38. The van der Waals surface area contributed by atoms with E-state index in [0.29, 0.717) is 11.3 Å². The lowest BCUT2D eigenvalue weighted by Crippen LogP contribution is -2.21. The van der Waals surface area contributed by atoms with Crippen LogP contribution in [0.15, 0.2) is 18.2 Å². The summed E-state index contributed by atoms with van der Waals surface area (Å²) in [6.45, 7) is 1.81. The molecule has 1 heterocycles. The highest BCUT2D eigenvalue weighted by Gasteiger charge is 2.42. The van der Waals surface area contributed by atoms with Gasteiger partial charge in [0, 0.05) is 11.5 Å². The molecule has 0 radical (unpaired) electrons. The van der Waals surface area contributed by atoms with Crippen LogP contribution in [0.4, 0.5) is 4.39 Å². The van der Waals surface area contributed by atoms with Gasteiger partial charge >= 0.3 is 0 Å². The first kappa shape index (κ1) is 9.66. The van der Waals surface area contributed by atoms with E-state index in [2.05, 4.69) is 9.97 Å². The fourth-order valence-electron chi connectivity index (χ4n) is 1.97. The largest absolute Gasteiger partial charge is 0.320 e. The van der Waals surface area contributed by atoms with E-state index >= 15 is 0 Å². The number of nitrogens with zero attached hydrogens (tertiary/aromatic N) is 2. The van der Waals surface area contributed by atoms with Crippen molar-refractivity contribution in [1.82, 2.24) is 9.97 Å². The van der Waals surface area contributed by atoms with Gasteiger partial charge in [-0.05, 0) is 31.9 Å². The van der Waals surface area contributed by atoms with Crippen molar-refractivity contribution >= 4 is 10.9 Å². The molecule has 1 fully saturated rings. The SMILES string of the molecule is Cc1nc(C2(N)CC2)c2ccc(F)cc2n1. The second-order valence-electron chi connectivity index (χ2n) is 4.44. The highest BCUT2D eigenvalue weighted by molar-refractivity contribution is 5.82. The summed E-state index contributed by atoms with van der Waals surface area (Å²) in [7, 11) is 0. The smallest absolute Gasteiger partial charge is 0.126 e. The Morgan fingerprint density at radius 2 is 2.06 bits per heavy atom. The Labute approximate surface area is 92.5 Å². The van der Waals surface area contributed by atoms with Crippen molar-refractivity contribution < 1.29 is 4.39 Å². The summed E-state index contributed by atoms with van der Waals surface area (Å²) >= 11 is 0. The van der Waals surface area contributed by atoms with Crippen molar-refractivity contribution in [2.45, 2.75) is 25.3 Å². The minimum atomic E-state index is -0.316. The van der Waals surface area contributed by atoms with Crippen molar-refractivity contribution in [2.75, 3.05) is 0 Å². The second-order valence-corrected chi connectivity index (χ2v) is 4.44. The molecule has 0 bridgehead atoms. The molecule has 0 saturated heterocycles. The minimum absolute atomic E-state index is 0.279. The number of aryl methyl sites for hydroxylation is 1. The van der Waals surface area contributed by atoms with Gasteiger partial charge in [0.1, 0.15) is 11.6 Å². The maximum atomic E-state index is 13.1. The molecule has 0 aliphatic heterocycles. The number of halogens is 1. The first-order valence-corrected chi connectivity index (χ1v) is 5.32. The average molecular weight is 217 g/mol. The zero-order chi connectivity index (χ0) is 11.3. The molecule has 2 N–H and O–H groups in total. The lowest BCUT2D eigenvalue weighted by Gasteiger charge is -2.12. The van der Waals surface area contributed by atoms with Gasteiger partial charge in [0.2, 0.25) is 0 Å². The standard InChI is InChI=1S/C12H12FN3/c1-7-15-10-6-8(13)2-3-9(10)11(16-7)12(14)4-5-12/h2-3,6H,4-5,14H2,1H3. The lowest BCUT2D eigenvalue weighted by molar-refractivity contribution is 0.628. The summed E-state index contributed by atoms with van der Waals surface area (Å²) in [6.07, 6.45) is 1.88. The molecule has 3 nitrogen and oxygen atoms in total. The van der Waals surface area contributed by atoms with Crippen LogP contribution in [0.1, 0.15) is 24.4 Å². The number of rotatable bonds is 1. The van der Waals surface area contributed by atoms with Crippen molar-refractivity contribution in [1.29, 1.82) is 0 Å². The molecule has 16 heavy (non-hydrogen) atoms. The fraction of sp³-hybridized carbons (Fsp3) is 0.333. The Morgan fingerprint density at radius 1 is 1.31 bits per heavy atom. The van der Waals surface area contributed by atoms with Gasteiger partial charge in [-0.15, -0.1) is 0 Å². The maximum absolute atomic E-state index is 13.1. The molecule has 1 aromatic heterocycles. The lowest BCUT2D eigenvalue weighted by atomic mass is 10.1. The molecule has 82 valence electrons. The monoisotopic (exact) mass is 217 g/mol. The van der Waals surface area contributed by atoms with Gasteiger partial charge < -0.3 is 5.73 Å². The van der Waals surface area contributed by atoms with Crippen molar-refractivity contribution in [3.05, 3.63) is 35.5 Å². The van der Waals surface area contributed by atoms with Crippen LogP contribution in [0, 0.1) is 12.7 Å². The molecule has 1 aromatic carbocycles. The van der Waals surface area contributed by atoms with Crippen LogP contribution in [-0.4, -0.2) is 9.97 Å². The normalized spacial score (nSPS) is 17.7. The molecule has 0 unspecified atom stereocenters. The Kier molecular flexibility index (Phi) is 1.80. The van der Waals surface area contributed by atoms with E-state index in [0.717, 1.165) is 23.9 Å². The quantitative estimate of drug-likeness (QED) is 0.795. The topological polar surface area (TPSA) is 51.8 Å². The Hall–Kier alpha value is -1.55. The number of aromatic nitrogens is 2. The van der Waals surface area contributed by atoms with Crippen LogP contribution in [-0.2, 0) is 5.54 Å². The third-order valence-electron chi connectivity index (χ3n) is 3.03. The zero-order valence-electron chi connectivity index (χ0n) is 9.00. The van der Waals surface area contributed by atoms with E-state index in [9.17, 15) is 4.39 Å². The summed E-state index contributed by atoms with van der Waals surface area (Å²) in [4.78, 5) is 8.64. The summed E-state index contributed by atoms with van der Waals surface area (Å²) < 4.78 is 13.1. The highest BCUT2D eigenvalue weighted by atomic mass is 19.1. The number of benzene rings is 1. The molecule has 1 aliphatic carbocycles. The van der Waals surface area contributed by atoms with Crippen LogP contribution in [0.25, 0.3) is 10.9 Å². The molecule has 0 amide bonds. The summed E-state index contributed by atoms with van der Waals surface area (Å²) in [6, 6.07) is 4.57. The van der Waals surface area contributed by atoms with E-state index in [1.54, 1.807) is 13.0 Å².